The first kappa shape index (κ1) is 21.2. The summed E-state index contributed by atoms with van der Waals surface area (Å²) in [5.41, 5.74) is 5.14. The lowest BCUT2D eigenvalue weighted by Crippen LogP contribution is -2.30. The van der Waals surface area contributed by atoms with Gasteiger partial charge >= 0.3 is 5.69 Å². The standard InChI is InChI=1S/C18H26FN3O5/c1-18(2,11-23)17-7-12-6-16(22(25)26)14(19)8-15(12)21(17)9-13(24)10-27-5-3-4-20/h6-8,13,23-24H,3-5,9-11,20H2,1-2H3. The Morgan fingerprint density at radius 2 is 2.11 bits per heavy atom. The molecular weight excluding hydrogens is 357 g/mol. The van der Waals surface area contributed by atoms with Crippen LogP contribution >= 0.6 is 0 Å². The second-order valence-electron chi connectivity index (χ2n) is 7.17. The first-order chi connectivity index (χ1) is 12.7. The van der Waals surface area contributed by atoms with Crippen molar-refractivity contribution in [3.8, 4) is 0 Å². The van der Waals surface area contributed by atoms with Gasteiger partial charge in [0.2, 0.25) is 5.82 Å². The van der Waals surface area contributed by atoms with Crippen LogP contribution in [0.5, 0.6) is 0 Å². The molecule has 0 aliphatic heterocycles. The lowest BCUT2D eigenvalue weighted by molar-refractivity contribution is -0.387. The van der Waals surface area contributed by atoms with Crippen LogP contribution in [0.2, 0.25) is 0 Å². The van der Waals surface area contributed by atoms with E-state index >= 15 is 0 Å². The molecule has 2 rings (SSSR count). The number of nitrogens with two attached hydrogens (primary N) is 1. The maximum Gasteiger partial charge on any atom is 0.305 e. The van der Waals surface area contributed by atoms with Gasteiger partial charge in [0.15, 0.2) is 0 Å². The molecule has 1 aromatic carbocycles. The Hall–Kier alpha value is -2.07. The number of aliphatic hydroxyl groups excluding tert-OH is 2. The van der Waals surface area contributed by atoms with Crippen LogP contribution in [0.3, 0.4) is 0 Å². The number of benzene rings is 1. The van der Waals surface area contributed by atoms with E-state index in [9.17, 15) is 24.7 Å². The zero-order valence-electron chi connectivity index (χ0n) is 15.5. The molecule has 4 N–H and O–H groups in total. The van der Waals surface area contributed by atoms with Crippen LogP contribution in [0, 0.1) is 15.9 Å². The third-order valence-corrected chi connectivity index (χ3v) is 4.45. The Bertz CT molecular complexity index is 806. The summed E-state index contributed by atoms with van der Waals surface area (Å²) in [6.45, 7) is 4.51. The van der Waals surface area contributed by atoms with E-state index in [1.54, 1.807) is 24.5 Å². The number of ether oxygens (including phenoxy) is 1. The number of nitrogens with zero attached hydrogens (tertiary/aromatic N) is 2. The highest BCUT2D eigenvalue weighted by molar-refractivity contribution is 5.84. The molecule has 0 saturated heterocycles. The average molecular weight is 383 g/mol. The van der Waals surface area contributed by atoms with Crippen LogP contribution < -0.4 is 5.73 Å². The van der Waals surface area contributed by atoms with Gasteiger partial charge in [0, 0.05) is 35.2 Å². The summed E-state index contributed by atoms with van der Waals surface area (Å²) in [5, 5.41) is 31.5. The quantitative estimate of drug-likeness (QED) is 0.326. The molecule has 1 heterocycles. The molecule has 27 heavy (non-hydrogen) atoms. The van der Waals surface area contributed by atoms with Gasteiger partial charge in [0.25, 0.3) is 0 Å². The summed E-state index contributed by atoms with van der Waals surface area (Å²) in [5.74, 6) is -0.950. The van der Waals surface area contributed by atoms with E-state index in [1.165, 1.54) is 6.07 Å². The number of fused-ring (bicyclic) bond motifs is 1. The van der Waals surface area contributed by atoms with Gasteiger partial charge in [0.1, 0.15) is 0 Å². The minimum absolute atomic E-state index is 0.0775. The Kier molecular flexibility index (Phi) is 6.88. The second-order valence-corrected chi connectivity index (χ2v) is 7.17. The van der Waals surface area contributed by atoms with Crippen molar-refractivity contribution in [2.24, 2.45) is 5.73 Å². The topological polar surface area (TPSA) is 124 Å². The number of aromatic nitrogens is 1. The van der Waals surface area contributed by atoms with Gasteiger partial charge in [-0.05, 0) is 19.0 Å². The van der Waals surface area contributed by atoms with Crippen LogP contribution in [-0.4, -0.2) is 52.2 Å². The van der Waals surface area contributed by atoms with Gasteiger partial charge in [-0.2, -0.15) is 4.39 Å². The number of hydrogen-bond acceptors (Lipinski definition) is 6. The van der Waals surface area contributed by atoms with Crippen LogP contribution in [-0.2, 0) is 16.7 Å². The maximum atomic E-state index is 14.2. The van der Waals surface area contributed by atoms with E-state index in [-0.39, 0.29) is 19.8 Å². The SMILES string of the molecule is CC(C)(CO)c1cc2cc([N+](=O)[O-])c(F)cc2n1CC(O)COCCCN. The molecule has 0 saturated carbocycles. The third-order valence-electron chi connectivity index (χ3n) is 4.45. The van der Waals surface area contributed by atoms with Crippen LogP contribution in [0.25, 0.3) is 10.9 Å². The van der Waals surface area contributed by atoms with Crippen molar-refractivity contribution < 1.29 is 24.3 Å². The highest BCUT2D eigenvalue weighted by Gasteiger charge is 2.28. The monoisotopic (exact) mass is 383 g/mol. The van der Waals surface area contributed by atoms with E-state index < -0.39 is 27.9 Å². The number of hydrogen-bond donors (Lipinski definition) is 3. The van der Waals surface area contributed by atoms with Crippen LogP contribution in [0.4, 0.5) is 10.1 Å². The Morgan fingerprint density at radius 3 is 2.70 bits per heavy atom. The van der Waals surface area contributed by atoms with Gasteiger partial charge in [-0.1, -0.05) is 13.8 Å². The van der Waals surface area contributed by atoms with E-state index in [0.717, 1.165) is 6.07 Å². The summed E-state index contributed by atoms with van der Waals surface area (Å²) in [4.78, 5) is 10.2. The summed E-state index contributed by atoms with van der Waals surface area (Å²) < 4.78 is 21.2. The number of nitro benzene ring substituents is 1. The van der Waals surface area contributed by atoms with Gasteiger partial charge < -0.3 is 25.3 Å². The molecule has 0 aliphatic carbocycles. The minimum atomic E-state index is -0.950. The van der Waals surface area contributed by atoms with Gasteiger partial charge in [0.05, 0.1) is 36.3 Å². The van der Waals surface area contributed by atoms with Crippen molar-refractivity contribution in [1.29, 1.82) is 0 Å². The largest absolute Gasteiger partial charge is 0.395 e. The molecule has 8 nitrogen and oxygen atoms in total. The molecule has 0 amide bonds. The zero-order chi connectivity index (χ0) is 20.2. The Balaban J connectivity index is 2.43. The second kappa shape index (κ2) is 8.75. The van der Waals surface area contributed by atoms with Crippen molar-refractivity contribution in [2.75, 3.05) is 26.4 Å². The average Bonchev–Trinajstić information content (AvgIpc) is 2.96. The Morgan fingerprint density at radius 1 is 1.41 bits per heavy atom. The predicted molar refractivity (Wildman–Crippen MR) is 99.2 cm³/mol. The number of rotatable bonds is 10. The predicted octanol–water partition coefficient (Wildman–Crippen LogP) is 1.68. The van der Waals surface area contributed by atoms with E-state index in [2.05, 4.69) is 0 Å². The molecule has 1 aromatic heterocycles. The first-order valence-electron chi connectivity index (χ1n) is 8.75. The molecule has 0 bridgehead atoms. The normalized spacial score (nSPS) is 13.3. The smallest absolute Gasteiger partial charge is 0.305 e. The number of nitro groups is 1. The summed E-state index contributed by atoms with van der Waals surface area (Å²) in [7, 11) is 0. The fraction of sp³-hybridized carbons (Fsp3) is 0.556. The molecule has 1 atom stereocenters. The van der Waals surface area contributed by atoms with Crippen LogP contribution in [0.1, 0.15) is 26.0 Å². The summed E-state index contributed by atoms with van der Waals surface area (Å²) in [6, 6.07) is 3.94. The number of aliphatic hydroxyl groups is 2. The van der Waals surface area contributed by atoms with Crippen molar-refractivity contribution in [3.63, 3.8) is 0 Å². The zero-order valence-corrected chi connectivity index (χ0v) is 15.5. The number of halogens is 1. The minimum Gasteiger partial charge on any atom is -0.395 e. The fourth-order valence-electron chi connectivity index (χ4n) is 2.92. The molecule has 0 aliphatic rings. The molecule has 150 valence electrons. The highest BCUT2D eigenvalue weighted by Crippen LogP contribution is 2.33. The third kappa shape index (κ3) is 4.81. The van der Waals surface area contributed by atoms with Crippen LogP contribution in [0.15, 0.2) is 18.2 Å². The first-order valence-corrected chi connectivity index (χ1v) is 8.75. The van der Waals surface area contributed by atoms with Gasteiger partial charge in [-0.15, -0.1) is 0 Å². The highest BCUT2D eigenvalue weighted by atomic mass is 19.1. The molecule has 9 heteroatoms. The Labute approximate surface area is 156 Å². The van der Waals surface area contributed by atoms with E-state index in [1.807, 2.05) is 0 Å². The summed E-state index contributed by atoms with van der Waals surface area (Å²) >= 11 is 0. The molecule has 0 spiro atoms. The maximum absolute atomic E-state index is 14.2. The van der Waals surface area contributed by atoms with Crippen molar-refractivity contribution >= 4 is 16.6 Å². The fourth-order valence-corrected chi connectivity index (χ4v) is 2.92. The van der Waals surface area contributed by atoms with Crippen molar-refractivity contribution in [3.05, 3.63) is 39.8 Å². The molecule has 0 fully saturated rings. The van der Waals surface area contributed by atoms with Gasteiger partial charge in [-0.25, -0.2) is 0 Å². The lowest BCUT2D eigenvalue weighted by atomic mass is 9.90. The molecule has 1 unspecified atom stereocenters. The lowest BCUT2D eigenvalue weighted by Gasteiger charge is -2.26. The molecule has 0 radical (unpaired) electrons. The molecular formula is C18H26FN3O5. The van der Waals surface area contributed by atoms with Gasteiger partial charge in [-0.3, -0.25) is 10.1 Å². The van der Waals surface area contributed by atoms with Crippen molar-refractivity contribution in [2.45, 2.75) is 38.3 Å². The van der Waals surface area contributed by atoms with E-state index in [0.29, 0.717) is 36.2 Å². The van der Waals surface area contributed by atoms with Crippen molar-refractivity contribution in [1.82, 2.24) is 4.57 Å². The summed E-state index contributed by atoms with van der Waals surface area (Å²) in [6.07, 6.45) is -0.193. The molecule has 2 aromatic rings. The van der Waals surface area contributed by atoms with E-state index in [4.69, 9.17) is 10.5 Å².